The Kier molecular flexibility index (Phi) is 4.68. The second-order valence-corrected chi connectivity index (χ2v) is 6.28. The fourth-order valence-electron chi connectivity index (χ4n) is 3.14. The van der Waals surface area contributed by atoms with Gasteiger partial charge in [-0.3, -0.25) is 9.69 Å². The molecule has 1 aliphatic heterocycles. The van der Waals surface area contributed by atoms with Crippen molar-refractivity contribution in [2.45, 2.75) is 18.9 Å². The molecule has 0 bridgehead atoms. The molecular weight excluding hydrogens is 317 g/mol. The van der Waals surface area contributed by atoms with E-state index in [0.29, 0.717) is 5.02 Å². The van der Waals surface area contributed by atoms with E-state index < -0.39 is 5.82 Å². The van der Waals surface area contributed by atoms with E-state index in [4.69, 9.17) is 11.6 Å². The van der Waals surface area contributed by atoms with Gasteiger partial charge in [0, 0.05) is 24.0 Å². The third-order valence-corrected chi connectivity index (χ3v) is 4.48. The highest BCUT2D eigenvalue weighted by atomic mass is 35.5. The van der Waals surface area contributed by atoms with E-state index in [9.17, 15) is 9.18 Å². The van der Waals surface area contributed by atoms with Crippen LogP contribution in [0.15, 0.2) is 36.5 Å². The van der Waals surface area contributed by atoms with E-state index in [1.165, 1.54) is 17.8 Å². The number of rotatable bonds is 4. The van der Waals surface area contributed by atoms with Crippen LogP contribution in [0, 0.1) is 5.82 Å². The summed E-state index contributed by atoms with van der Waals surface area (Å²) in [6.45, 7) is 1.12. The summed E-state index contributed by atoms with van der Waals surface area (Å²) >= 11 is 5.72. The monoisotopic (exact) mass is 335 g/mol. The van der Waals surface area contributed by atoms with Crippen LogP contribution < -0.4 is 5.32 Å². The van der Waals surface area contributed by atoms with Gasteiger partial charge < -0.3 is 9.88 Å². The number of aromatic nitrogens is 1. The maximum absolute atomic E-state index is 13.8. The second-order valence-electron chi connectivity index (χ2n) is 5.84. The molecule has 122 valence electrons. The summed E-state index contributed by atoms with van der Waals surface area (Å²) in [4.78, 5) is 14.4. The lowest BCUT2D eigenvalue weighted by Gasteiger charge is -2.24. The highest BCUT2D eigenvalue weighted by Crippen LogP contribution is 2.31. The number of carbonyl (C=O) groups is 1. The molecule has 0 spiro atoms. The van der Waals surface area contributed by atoms with Gasteiger partial charge in [0.05, 0.1) is 18.3 Å². The summed E-state index contributed by atoms with van der Waals surface area (Å²) in [7, 11) is 2.01. The first-order chi connectivity index (χ1) is 11.0. The molecule has 1 atom stereocenters. The fourth-order valence-corrected chi connectivity index (χ4v) is 3.29. The van der Waals surface area contributed by atoms with Crippen LogP contribution in [0.2, 0.25) is 5.02 Å². The molecule has 23 heavy (non-hydrogen) atoms. The summed E-state index contributed by atoms with van der Waals surface area (Å²) in [5.41, 5.74) is 1.36. The minimum Gasteiger partial charge on any atom is -0.353 e. The summed E-state index contributed by atoms with van der Waals surface area (Å²) in [5, 5.41) is 2.93. The third kappa shape index (κ3) is 3.57. The zero-order chi connectivity index (χ0) is 16.4. The first-order valence-corrected chi connectivity index (χ1v) is 8.02. The van der Waals surface area contributed by atoms with Crippen molar-refractivity contribution in [2.24, 2.45) is 7.05 Å². The van der Waals surface area contributed by atoms with Crippen LogP contribution in [0.1, 0.15) is 24.6 Å². The molecule has 2 heterocycles. The van der Waals surface area contributed by atoms with Crippen molar-refractivity contribution in [2.75, 3.05) is 18.4 Å². The van der Waals surface area contributed by atoms with Crippen LogP contribution in [0.25, 0.3) is 0 Å². The minimum absolute atomic E-state index is 0.161. The van der Waals surface area contributed by atoms with Crippen LogP contribution in [-0.4, -0.2) is 28.5 Å². The number of anilines is 1. The zero-order valence-electron chi connectivity index (χ0n) is 12.9. The standard InChI is InChI=1S/C17H19ClFN3O/c1-21-8-2-4-15(21)16-5-3-9-22(16)11-17(23)20-14-7-6-12(18)10-13(14)19/h2,4,6-8,10,16H,3,5,9,11H2,1H3,(H,20,23)/t16-/m0/s1. The van der Waals surface area contributed by atoms with Crippen LogP contribution in [-0.2, 0) is 11.8 Å². The lowest BCUT2D eigenvalue weighted by Crippen LogP contribution is -2.33. The fraction of sp³-hybridized carbons (Fsp3) is 0.353. The van der Waals surface area contributed by atoms with Gasteiger partial charge in [-0.25, -0.2) is 4.39 Å². The summed E-state index contributed by atoms with van der Waals surface area (Å²) < 4.78 is 15.8. The van der Waals surface area contributed by atoms with Crippen molar-refractivity contribution in [3.8, 4) is 0 Å². The van der Waals surface area contributed by atoms with Crippen molar-refractivity contribution in [3.63, 3.8) is 0 Å². The molecule has 1 amide bonds. The summed E-state index contributed by atoms with van der Waals surface area (Å²) in [5.74, 6) is -0.737. The largest absolute Gasteiger partial charge is 0.353 e. The molecule has 1 saturated heterocycles. The Balaban J connectivity index is 1.66. The predicted molar refractivity (Wildman–Crippen MR) is 89.0 cm³/mol. The molecule has 2 aromatic rings. The van der Waals surface area contributed by atoms with E-state index in [0.717, 1.165) is 19.4 Å². The van der Waals surface area contributed by atoms with Crippen LogP contribution >= 0.6 is 11.6 Å². The first-order valence-electron chi connectivity index (χ1n) is 7.65. The number of benzene rings is 1. The Morgan fingerprint density at radius 2 is 2.26 bits per heavy atom. The van der Waals surface area contributed by atoms with E-state index in [-0.39, 0.29) is 24.2 Å². The van der Waals surface area contributed by atoms with Gasteiger partial charge in [0.1, 0.15) is 5.82 Å². The van der Waals surface area contributed by atoms with Crippen LogP contribution in [0.5, 0.6) is 0 Å². The van der Waals surface area contributed by atoms with Gasteiger partial charge >= 0.3 is 0 Å². The average Bonchev–Trinajstić information content (AvgIpc) is 3.10. The maximum Gasteiger partial charge on any atom is 0.238 e. The highest BCUT2D eigenvalue weighted by Gasteiger charge is 2.29. The number of aryl methyl sites for hydroxylation is 1. The van der Waals surface area contributed by atoms with Crippen molar-refractivity contribution < 1.29 is 9.18 Å². The Hall–Kier alpha value is -1.85. The number of carbonyl (C=O) groups excluding carboxylic acids is 1. The number of halogens is 2. The molecule has 0 aliphatic carbocycles. The van der Waals surface area contributed by atoms with Crippen molar-refractivity contribution >= 4 is 23.2 Å². The molecule has 0 radical (unpaired) electrons. The normalized spacial score (nSPS) is 18.3. The summed E-state index contributed by atoms with van der Waals surface area (Å²) in [6, 6.07) is 8.56. The van der Waals surface area contributed by atoms with Gasteiger partial charge in [-0.05, 0) is 49.7 Å². The van der Waals surface area contributed by atoms with Gasteiger partial charge in [-0.1, -0.05) is 11.6 Å². The molecule has 1 N–H and O–H groups in total. The molecule has 0 unspecified atom stereocenters. The topological polar surface area (TPSA) is 37.3 Å². The number of nitrogens with one attached hydrogen (secondary N) is 1. The Morgan fingerprint density at radius 1 is 1.43 bits per heavy atom. The van der Waals surface area contributed by atoms with Crippen LogP contribution in [0.3, 0.4) is 0 Å². The lowest BCUT2D eigenvalue weighted by molar-refractivity contribution is -0.117. The zero-order valence-corrected chi connectivity index (χ0v) is 13.7. The number of amides is 1. The van der Waals surface area contributed by atoms with Crippen molar-refractivity contribution in [1.82, 2.24) is 9.47 Å². The van der Waals surface area contributed by atoms with Gasteiger partial charge in [-0.15, -0.1) is 0 Å². The highest BCUT2D eigenvalue weighted by molar-refractivity contribution is 6.30. The first kappa shape index (κ1) is 16.0. The summed E-state index contributed by atoms with van der Waals surface area (Å²) in [6.07, 6.45) is 4.09. The molecule has 4 nitrogen and oxygen atoms in total. The van der Waals surface area contributed by atoms with Gasteiger partial charge in [-0.2, -0.15) is 0 Å². The second kappa shape index (κ2) is 6.72. The SMILES string of the molecule is Cn1cccc1[C@@H]1CCCN1CC(=O)Nc1ccc(Cl)cc1F. The molecule has 0 saturated carbocycles. The van der Waals surface area contributed by atoms with E-state index >= 15 is 0 Å². The van der Waals surface area contributed by atoms with E-state index in [1.54, 1.807) is 6.07 Å². The number of hydrogen-bond acceptors (Lipinski definition) is 2. The van der Waals surface area contributed by atoms with Gasteiger partial charge in [0.15, 0.2) is 0 Å². The van der Waals surface area contributed by atoms with Crippen molar-refractivity contribution in [1.29, 1.82) is 0 Å². The van der Waals surface area contributed by atoms with Gasteiger partial charge in [0.2, 0.25) is 5.91 Å². The van der Waals surface area contributed by atoms with Crippen molar-refractivity contribution in [3.05, 3.63) is 53.1 Å². The third-order valence-electron chi connectivity index (χ3n) is 4.24. The number of nitrogens with zero attached hydrogens (tertiary/aromatic N) is 2. The number of likely N-dealkylation sites (tertiary alicyclic amines) is 1. The number of hydrogen-bond donors (Lipinski definition) is 1. The Labute approximate surface area is 139 Å². The molecule has 1 aliphatic rings. The Morgan fingerprint density at radius 3 is 2.96 bits per heavy atom. The molecule has 6 heteroatoms. The average molecular weight is 336 g/mol. The van der Waals surface area contributed by atoms with Gasteiger partial charge in [0.25, 0.3) is 0 Å². The molecular formula is C17H19ClFN3O. The maximum atomic E-state index is 13.8. The smallest absolute Gasteiger partial charge is 0.238 e. The molecule has 3 rings (SSSR count). The molecule has 1 aromatic heterocycles. The van der Waals surface area contributed by atoms with Crippen LogP contribution in [0.4, 0.5) is 10.1 Å². The quantitative estimate of drug-likeness (QED) is 0.927. The minimum atomic E-state index is -0.522. The predicted octanol–water partition coefficient (Wildman–Crippen LogP) is 3.59. The van der Waals surface area contributed by atoms with E-state index in [2.05, 4.69) is 20.9 Å². The lowest BCUT2D eigenvalue weighted by atomic mass is 10.1. The Bertz CT molecular complexity index is 716. The molecule has 1 fully saturated rings. The van der Waals surface area contributed by atoms with E-state index in [1.807, 2.05) is 19.3 Å². The molecule has 1 aromatic carbocycles.